The molecular formula is C17H15ClFN3O4S. The second-order valence-corrected chi connectivity index (χ2v) is 8.92. The molecule has 1 aliphatic heterocycles. The van der Waals surface area contributed by atoms with E-state index >= 15 is 0 Å². The van der Waals surface area contributed by atoms with Crippen molar-refractivity contribution in [1.29, 1.82) is 0 Å². The van der Waals surface area contributed by atoms with Crippen molar-refractivity contribution in [3.05, 3.63) is 52.9 Å². The number of pyridine rings is 1. The van der Waals surface area contributed by atoms with E-state index in [1.54, 1.807) is 12.1 Å². The maximum absolute atomic E-state index is 13.3. The van der Waals surface area contributed by atoms with Gasteiger partial charge in [-0.2, -0.15) is 0 Å². The van der Waals surface area contributed by atoms with Gasteiger partial charge in [0.25, 0.3) is 5.91 Å². The minimum Gasteiger partial charge on any atom is -0.370 e. The fourth-order valence-corrected chi connectivity index (χ4v) is 5.16. The van der Waals surface area contributed by atoms with Gasteiger partial charge in [0.1, 0.15) is 11.5 Å². The highest BCUT2D eigenvalue weighted by Gasteiger charge is 2.50. The molecular weight excluding hydrogens is 397 g/mol. The molecule has 1 aliphatic rings. The Balaban J connectivity index is 1.85. The van der Waals surface area contributed by atoms with E-state index in [1.165, 1.54) is 24.3 Å². The Morgan fingerprint density at radius 1 is 1.26 bits per heavy atom. The lowest BCUT2D eigenvalue weighted by molar-refractivity contribution is -0.119. The first kappa shape index (κ1) is 19.2. The summed E-state index contributed by atoms with van der Waals surface area (Å²) in [7, 11) is -3.32. The minimum atomic E-state index is -3.32. The van der Waals surface area contributed by atoms with Crippen molar-refractivity contribution >= 4 is 33.3 Å². The van der Waals surface area contributed by atoms with E-state index in [-0.39, 0.29) is 28.6 Å². The van der Waals surface area contributed by atoms with Crippen molar-refractivity contribution in [1.82, 2.24) is 10.3 Å². The molecule has 0 bridgehead atoms. The smallest absolute Gasteiger partial charge is 0.270 e. The van der Waals surface area contributed by atoms with Crippen LogP contribution in [0.3, 0.4) is 0 Å². The van der Waals surface area contributed by atoms with Crippen LogP contribution in [0.15, 0.2) is 36.4 Å². The van der Waals surface area contributed by atoms with Crippen LogP contribution in [0.5, 0.6) is 0 Å². The van der Waals surface area contributed by atoms with Gasteiger partial charge in [0, 0.05) is 5.56 Å². The molecule has 27 heavy (non-hydrogen) atoms. The summed E-state index contributed by atoms with van der Waals surface area (Å²) in [6.45, 7) is 0. The molecule has 0 aliphatic carbocycles. The Morgan fingerprint density at radius 3 is 2.56 bits per heavy atom. The van der Waals surface area contributed by atoms with Crippen molar-refractivity contribution in [2.24, 2.45) is 5.73 Å². The molecule has 0 radical (unpaired) electrons. The van der Waals surface area contributed by atoms with E-state index in [0.717, 1.165) is 0 Å². The topological polar surface area (TPSA) is 119 Å². The van der Waals surface area contributed by atoms with Crippen LogP contribution < -0.4 is 11.1 Å². The van der Waals surface area contributed by atoms with E-state index in [0.29, 0.717) is 11.3 Å². The summed E-state index contributed by atoms with van der Waals surface area (Å²) >= 11 is 5.77. The van der Waals surface area contributed by atoms with Crippen molar-refractivity contribution in [2.45, 2.75) is 12.0 Å². The number of halogens is 2. The van der Waals surface area contributed by atoms with E-state index < -0.39 is 33.0 Å². The summed E-state index contributed by atoms with van der Waals surface area (Å²) < 4.78 is 36.4. The Kier molecular flexibility index (Phi) is 4.92. The molecule has 10 heteroatoms. The molecule has 1 saturated heterocycles. The molecule has 1 aromatic carbocycles. The first-order valence-electron chi connectivity index (χ1n) is 7.83. The van der Waals surface area contributed by atoms with Gasteiger partial charge in [-0.1, -0.05) is 17.7 Å². The number of nitrogens with one attached hydrogen (secondary N) is 1. The number of rotatable bonds is 5. The number of primary amides is 1. The van der Waals surface area contributed by atoms with Crippen LogP contribution in [0.4, 0.5) is 4.39 Å². The molecule has 0 saturated carbocycles. The third kappa shape index (κ3) is 4.25. The quantitative estimate of drug-likeness (QED) is 0.768. The third-order valence-electron chi connectivity index (χ3n) is 4.08. The molecule has 0 atom stereocenters. The third-order valence-corrected chi connectivity index (χ3v) is 6.36. The fraction of sp³-hybridized carbons (Fsp3) is 0.235. The van der Waals surface area contributed by atoms with Crippen molar-refractivity contribution < 1.29 is 22.4 Å². The zero-order valence-electron chi connectivity index (χ0n) is 13.9. The van der Waals surface area contributed by atoms with E-state index in [2.05, 4.69) is 10.3 Å². The van der Waals surface area contributed by atoms with Crippen LogP contribution in [0.2, 0.25) is 5.02 Å². The van der Waals surface area contributed by atoms with Crippen LogP contribution in [0, 0.1) is 5.82 Å². The lowest BCUT2D eigenvalue weighted by Gasteiger charge is -2.40. The van der Waals surface area contributed by atoms with E-state index in [1.807, 2.05) is 0 Å². The average Bonchev–Trinajstić information content (AvgIpc) is 2.55. The van der Waals surface area contributed by atoms with Gasteiger partial charge in [-0.3, -0.25) is 9.59 Å². The van der Waals surface area contributed by atoms with Crippen LogP contribution in [0.1, 0.15) is 16.9 Å². The van der Waals surface area contributed by atoms with Crippen LogP contribution in [-0.2, 0) is 14.6 Å². The second-order valence-electron chi connectivity index (χ2n) is 6.45. The number of sulfone groups is 1. The monoisotopic (exact) mass is 411 g/mol. The van der Waals surface area contributed by atoms with Gasteiger partial charge in [-0.05, 0) is 30.3 Å². The number of carbonyl (C=O) groups excluding carboxylic acids is 2. The standard InChI is InChI=1S/C17H15ClFN3O4S/c18-11-6-10(4-5-12(11)19)13-2-1-3-14(21-13)16(24)22-17(7-15(20)23)8-27(25,26)9-17/h1-6H,7-9H2,(H2,20,23)(H,22,24). The Labute approximate surface area is 159 Å². The highest BCUT2D eigenvalue weighted by atomic mass is 35.5. The van der Waals surface area contributed by atoms with E-state index in [9.17, 15) is 22.4 Å². The van der Waals surface area contributed by atoms with Gasteiger partial charge in [0.05, 0.1) is 34.2 Å². The molecule has 142 valence electrons. The first-order valence-corrected chi connectivity index (χ1v) is 10.0. The summed E-state index contributed by atoms with van der Waals surface area (Å²) in [5, 5.41) is 2.49. The summed E-state index contributed by atoms with van der Waals surface area (Å²) in [4.78, 5) is 28.0. The number of amides is 2. The Morgan fingerprint density at radius 2 is 1.96 bits per heavy atom. The Hall–Kier alpha value is -2.52. The van der Waals surface area contributed by atoms with Crippen molar-refractivity contribution in [2.75, 3.05) is 11.5 Å². The summed E-state index contributed by atoms with van der Waals surface area (Å²) in [5.41, 5.74) is 4.86. The largest absolute Gasteiger partial charge is 0.370 e. The number of hydrogen-bond donors (Lipinski definition) is 2. The van der Waals surface area contributed by atoms with E-state index in [4.69, 9.17) is 17.3 Å². The Bertz CT molecular complexity index is 1030. The molecule has 7 nitrogen and oxygen atoms in total. The molecule has 2 aromatic rings. The lowest BCUT2D eigenvalue weighted by atomic mass is 9.98. The van der Waals surface area contributed by atoms with Crippen LogP contribution in [0.25, 0.3) is 11.3 Å². The van der Waals surface area contributed by atoms with Gasteiger partial charge in [-0.15, -0.1) is 0 Å². The summed E-state index contributed by atoms with van der Waals surface area (Å²) in [6, 6.07) is 8.68. The highest BCUT2D eigenvalue weighted by Crippen LogP contribution is 2.28. The zero-order chi connectivity index (χ0) is 19.8. The number of hydrogen-bond acceptors (Lipinski definition) is 5. The molecule has 0 unspecified atom stereocenters. The average molecular weight is 412 g/mol. The summed E-state index contributed by atoms with van der Waals surface area (Å²) in [6.07, 6.45) is -0.286. The van der Waals surface area contributed by atoms with Gasteiger partial charge < -0.3 is 11.1 Å². The molecule has 3 rings (SSSR count). The predicted octanol–water partition coefficient (Wildman–Crippen LogP) is 1.31. The SMILES string of the molecule is NC(=O)CC1(NC(=O)c2cccc(-c3ccc(F)c(Cl)c3)n2)CS(=O)(=O)C1. The van der Waals surface area contributed by atoms with Crippen molar-refractivity contribution in [3.8, 4) is 11.3 Å². The molecule has 2 heterocycles. The maximum atomic E-state index is 13.3. The zero-order valence-corrected chi connectivity index (χ0v) is 15.5. The van der Waals surface area contributed by atoms with Gasteiger partial charge in [-0.25, -0.2) is 17.8 Å². The number of carbonyl (C=O) groups is 2. The number of nitrogens with two attached hydrogens (primary N) is 1. The molecule has 0 spiro atoms. The molecule has 1 aromatic heterocycles. The van der Waals surface area contributed by atoms with Crippen molar-refractivity contribution in [3.63, 3.8) is 0 Å². The van der Waals surface area contributed by atoms with Gasteiger partial charge in [0.2, 0.25) is 5.91 Å². The molecule has 1 fully saturated rings. The van der Waals surface area contributed by atoms with Gasteiger partial charge >= 0.3 is 0 Å². The second kappa shape index (κ2) is 6.90. The number of benzene rings is 1. The molecule has 2 amide bonds. The first-order chi connectivity index (χ1) is 12.6. The molecule has 3 N–H and O–H groups in total. The highest BCUT2D eigenvalue weighted by molar-refractivity contribution is 7.93. The predicted molar refractivity (Wildman–Crippen MR) is 97.3 cm³/mol. The van der Waals surface area contributed by atoms with Crippen LogP contribution in [-0.4, -0.2) is 42.3 Å². The number of aromatic nitrogens is 1. The normalized spacial score (nSPS) is 17.0. The maximum Gasteiger partial charge on any atom is 0.270 e. The minimum absolute atomic E-state index is 0.0149. The van der Waals surface area contributed by atoms with Crippen LogP contribution >= 0.6 is 11.6 Å². The van der Waals surface area contributed by atoms with Gasteiger partial charge in [0.15, 0.2) is 9.84 Å². The summed E-state index contributed by atoms with van der Waals surface area (Å²) in [5.74, 6) is -2.65. The lowest BCUT2D eigenvalue weighted by Crippen LogP contribution is -2.66. The fourth-order valence-electron chi connectivity index (χ4n) is 3.03. The number of nitrogens with zero attached hydrogens (tertiary/aromatic N) is 1.